The van der Waals surface area contributed by atoms with E-state index in [2.05, 4.69) is 15.0 Å². The van der Waals surface area contributed by atoms with Crippen LogP contribution in [0.5, 0.6) is 0 Å². The Morgan fingerprint density at radius 2 is 2.15 bits per heavy atom. The van der Waals surface area contributed by atoms with E-state index in [0.717, 1.165) is 17.7 Å². The minimum absolute atomic E-state index is 0.0642. The number of hydrogen-bond donors (Lipinski definition) is 0. The van der Waals surface area contributed by atoms with E-state index in [0.29, 0.717) is 32.7 Å². The fraction of sp³-hybridized carbons (Fsp3) is 0.556. The summed E-state index contributed by atoms with van der Waals surface area (Å²) in [7, 11) is -1.18. The van der Waals surface area contributed by atoms with Crippen molar-refractivity contribution in [2.24, 2.45) is 13.0 Å². The molecular weight excluding hydrogens is 352 g/mol. The molecule has 0 bridgehead atoms. The van der Waals surface area contributed by atoms with Crippen LogP contribution in [0.3, 0.4) is 0 Å². The molecule has 0 unspecified atom stereocenters. The summed E-state index contributed by atoms with van der Waals surface area (Å²) in [6.45, 7) is 2.87. The van der Waals surface area contributed by atoms with Gasteiger partial charge in [0.2, 0.25) is 0 Å². The molecule has 2 aliphatic rings. The lowest BCUT2D eigenvalue weighted by Crippen LogP contribution is -2.67. The van der Waals surface area contributed by atoms with Gasteiger partial charge >= 0.3 is 0 Å². The van der Waals surface area contributed by atoms with E-state index in [1.165, 1.54) is 0 Å². The van der Waals surface area contributed by atoms with E-state index in [-0.39, 0.29) is 11.7 Å². The smallest absolute Gasteiger partial charge is 0.158 e. The molecule has 0 radical (unpaired) electrons. The first kappa shape index (κ1) is 17.6. The van der Waals surface area contributed by atoms with Crippen molar-refractivity contribution in [3.8, 4) is 0 Å². The molecule has 4 rings (SSSR count). The second-order valence-electron chi connectivity index (χ2n) is 7.41. The number of sulfone groups is 1. The number of aryl methyl sites for hydroxylation is 1. The van der Waals surface area contributed by atoms with E-state index in [1.807, 2.05) is 31.6 Å². The van der Waals surface area contributed by atoms with Crippen LogP contribution >= 0.6 is 0 Å². The molecule has 0 saturated carbocycles. The van der Waals surface area contributed by atoms with Gasteiger partial charge < -0.3 is 4.74 Å². The molecule has 2 saturated heterocycles. The normalized spacial score (nSPS) is 24.0. The van der Waals surface area contributed by atoms with Gasteiger partial charge in [-0.3, -0.25) is 14.6 Å². The van der Waals surface area contributed by atoms with Gasteiger partial charge in [-0.05, 0) is 18.1 Å². The van der Waals surface area contributed by atoms with E-state index in [1.54, 1.807) is 17.1 Å². The summed E-state index contributed by atoms with van der Waals surface area (Å²) in [6.07, 6.45) is 8.01. The second-order valence-corrected chi connectivity index (χ2v) is 9.86. The molecule has 2 aromatic rings. The Bertz CT molecular complexity index is 860. The molecule has 0 N–H and O–H groups in total. The lowest BCUT2D eigenvalue weighted by molar-refractivity contribution is 0.0200. The highest BCUT2D eigenvalue weighted by Gasteiger charge is 2.61. The molecule has 2 aromatic heterocycles. The van der Waals surface area contributed by atoms with Crippen LogP contribution in [-0.4, -0.2) is 58.3 Å². The molecule has 0 amide bonds. The van der Waals surface area contributed by atoms with Crippen LogP contribution in [0.25, 0.3) is 0 Å². The number of aromatic nitrogens is 3. The fourth-order valence-electron chi connectivity index (χ4n) is 4.14. The van der Waals surface area contributed by atoms with E-state index >= 15 is 0 Å². The summed E-state index contributed by atoms with van der Waals surface area (Å²) in [5, 5.41) is 4.18. The Labute approximate surface area is 153 Å². The predicted octanol–water partition coefficient (Wildman–Crippen LogP) is 1.02. The lowest BCUT2D eigenvalue weighted by Gasteiger charge is -2.50. The molecule has 0 aliphatic carbocycles. The quantitative estimate of drug-likeness (QED) is 0.749. The van der Waals surface area contributed by atoms with Crippen molar-refractivity contribution in [2.75, 3.05) is 25.4 Å². The minimum Gasteiger partial charge on any atom is -0.376 e. The highest BCUT2D eigenvalue weighted by molar-refractivity contribution is 7.93. The van der Waals surface area contributed by atoms with Gasteiger partial charge in [-0.2, -0.15) is 5.10 Å². The van der Waals surface area contributed by atoms with Gasteiger partial charge in [-0.25, -0.2) is 8.42 Å². The third kappa shape index (κ3) is 3.17. The van der Waals surface area contributed by atoms with Gasteiger partial charge in [-0.1, -0.05) is 6.07 Å². The van der Waals surface area contributed by atoms with Crippen LogP contribution in [0.1, 0.15) is 17.5 Å². The molecule has 8 heteroatoms. The summed E-state index contributed by atoms with van der Waals surface area (Å²) >= 11 is 0. The van der Waals surface area contributed by atoms with Crippen molar-refractivity contribution < 1.29 is 13.2 Å². The zero-order chi connectivity index (χ0) is 18.2. The third-order valence-electron chi connectivity index (χ3n) is 5.56. The van der Waals surface area contributed by atoms with Gasteiger partial charge in [0.1, 0.15) is 4.75 Å². The lowest BCUT2D eigenvalue weighted by atomic mass is 9.83. The second kappa shape index (κ2) is 6.75. The zero-order valence-electron chi connectivity index (χ0n) is 14.9. The molecular formula is C18H24N4O3S. The number of pyridine rings is 1. The Balaban J connectivity index is 1.37. The summed E-state index contributed by atoms with van der Waals surface area (Å²) in [4.78, 5) is 6.26. The van der Waals surface area contributed by atoms with Crippen molar-refractivity contribution in [1.29, 1.82) is 0 Å². The summed E-state index contributed by atoms with van der Waals surface area (Å²) < 4.78 is 32.4. The predicted molar refractivity (Wildman–Crippen MR) is 97.0 cm³/mol. The number of likely N-dealkylation sites (tertiary alicyclic amines) is 1. The van der Waals surface area contributed by atoms with Crippen LogP contribution in [0.15, 0.2) is 36.9 Å². The average Bonchev–Trinajstić information content (AvgIpc) is 3.10. The van der Waals surface area contributed by atoms with Gasteiger partial charge in [0.15, 0.2) is 9.84 Å². The molecule has 1 spiro atoms. The van der Waals surface area contributed by atoms with Crippen molar-refractivity contribution in [3.05, 3.63) is 48.0 Å². The van der Waals surface area contributed by atoms with Crippen molar-refractivity contribution in [2.45, 2.75) is 24.3 Å². The average molecular weight is 376 g/mol. The van der Waals surface area contributed by atoms with Crippen LogP contribution in [0.2, 0.25) is 0 Å². The first-order valence-corrected chi connectivity index (χ1v) is 10.5. The van der Waals surface area contributed by atoms with Gasteiger partial charge in [0, 0.05) is 56.8 Å². The van der Waals surface area contributed by atoms with Crippen molar-refractivity contribution in [3.63, 3.8) is 0 Å². The minimum atomic E-state index is -3.07. The summed E-state index contributed by atoms with van der Waals surface area (Å²) in [5.41, 5.74) is 2.12. The summed E-state index contributed by atoms with van der Waals surface area (Å²) in [5.74, 6) is 0.337. The molecule has 4 heterocycles. The largest absolute Gasteiger partial charge is 0.376 e. The first-order chi connectivity index (χ1) is 12.5. The first-order valence-electron chi connectivity index (χ1n) is 8.87. The maximum atomic E-state index is 12.7. The maximum Gasteiger partial charge on any atom is 0.158 e. The zero-order valence-corrected chi connectivity index (χ0v) is 15.7. The van der Waals surface area contributed by atoms with Crippen LogP contribution in [-0.2, 0) is 34.8 Å². The number of rotatable bonds is 6. The highest BCUT2D eigenvalue weighted by Crippen LogP contribution is 2.45. The molecule has 1 atom stereocenters. The molecule has 26 heavy (non-hydrogen) atoms. The van der Waals surface area contributed by atoms with E-state index in [4.69, 9.17) is 4.74 Å². The Morgan fingerprint density at radius 3 is 2.85 bits per heavy atom. The van der Waals surface area contributed by atoms with E-state index in [9.17, 15) is 8.42 Å². The number of nitrogens with zero attached hydrogens (tertiary/aromatic N) is 4. The van der Waals surface area contributed by atoms with Crippen molar-refractivity contribution in [1.82, 2.24) is 19.7 Å². The van der Waals surface area contributed by atoms with Gasteiger partial charge in [-0.15, -0.1) is 0 Å². The topological polar surface area (TPSA) is 77.3 Å². The SMILES string of the molecule is Cn1cc(CN2CC3(C2)[C@H](COCc2cccnc2)CCS3(=O)=O)cn1. The fourth-order valence-corrected chi connectivity index (χ4v) is 6.60. The third-order valence-corrected chi connectivity index (χ3v) is 8.16. The van der Waals surface area contributed by atoms with Crippen LogP contribution < -0.4 is 0 Å². The van der Waals surface area contributed by atoms with Gasteiger partial charge in [0.25, 0.3) is 0 Å². The number of ether oxygens (including phenoxy) is 1. The van der Waals surface area contributed by atoms with Crippen molar-refractivity contribution >= 4 is 9.84 Å². The highest BCUT2D eigenvalue weighted by atomic mass is 32.2. The molecule has 7 nitrogen and oxygen atoms in total. The molecule has 140 valence electrons. The van der Waals surface area contributed by atoms with Gasteiger partial charge in [0.05, 0.1) is 25.2 Å². The Hall–Kier alpha value is -1.77. The number of hydrogen-bond acceptors (Lipinski definition) is 6. The van der Waals surface area contributed by atoms with Crippen LogP contribution in [0.4, 0.5) is 0 Å². The van der Waals surface area contributed by atoms with E-state index < -0.39 is 14.6 Å². The molecule has 2 aliphatic heterocycles. The monoisotopic (exact) mass is 376 g/mol. The van der Waals surface area contributed by atoms with Crippen LogP contribution in [0, 0.1) is 5.92 Å². The maximum absolute atomic E-state index is 12.7. The molecule has 2 fully saturated rings. The standard InChI is InChI=1S/C18H24N4O3S/c1-21-9-16(8-20-21)10-22-13-18(14-22)17(4-6-26(18,23)24)12-25-11-15-3-2-5-19-7-15/h2-3,5,7-9,17H,4,6,10-14H2,1H3/t17-/m0/s1. The molecule has 0 aromatic carbocycles. The summed E-state index contributed by atoms with van der Waals surface area (Å²) in [6, 6.07) is 3.84. The Kier molecular flexibility index (Phi) is 4.58. The Morgan fingerprint density at radius 1 is 1.31 bits per heavy atom.